The van der Waals surface area contributed by atoms with Crippen LogP contribution in [-0.4, -0.2) is 37.6 Å². The van der Waals surface area contributed by atoms with Crippen molar-refractivity contribution in [3.8, 4) is 5.75 Å². The summed E-state index contributed by atoms with van der Waals surface area (Å²) in [4.78, 5) is 4.63. The van der Waals surface area contributed by atoms with E-state index < -0.39 is 0 Å². The molecule has 0 N–H and O–H groups in total. The Bertz CT molecular complexity index is 1020. The summed E-state index contributed by atoms with van der Waals surface area (Å²) in [6.07, 6.45) is 0.453. The Morgan fingerprint density at radius 2 is 1.38 bits per heavy atom. The van der Waals surface area contributed by atoms with Crippen molar-refractivity contribution in [2.24, 2.45) is 0 Å². The topological polar surface area (TPSA) is 15.7 Å². The SMILES string of the molecule is Cc1cc(F)ccc1OC(CCN1CCN(c2ccc(F)cc2)CC1)c1ccc(F)cc1. The van der Waals surface area contributed by atoms with Crippen LogP contribution in [0.5, 0.6) is 5.75 Å². The number of rotatable bonds is 7. The van der Waals surface area contributed by atoms with E-state index in [0.717, 1.165) is 56.0 Å². The number of benzene rings is 3. The smallest absolute Gasteiger partial charge is 0.125 e. The molecule has 1 unspecified atom stereocenters. The molecule has 0 bridgehead atoms. The van der Waals surface area contributed by atoms with Crippen molar-refractivity contribution in [2.75, 3.05) is 37.6 Å². The zero-order valence-corrected chi connectivity index (χ0v) is 18.1. The highest BCUT2D eigenvalue weighted by Gasteiger charge is 2.21. The third-order valence-electron chi connectivity index (χ3n) is 5.92. The highest BCUT2D eigenvalue weighted by molar-refractivity contribution is 5.46. The lowest BCUT2D eigenvalue weighted by molar-refractivity contribution is 0.159. The van der Waals surface area contributed by atoms with Gasteiger partial charge in [0, 0.05) is 44.8 Å². The van der Waals surface area contributed by atoms with Crippen LogP contribution in [0.1, 0.15) is 23.7 Å². The minimum atomic E-state index is -0.299. The highest BCUT2D eigenvalue weighted by Crippen LogP contribution is 2.29. The first-order valence-electron chi connectivity index (χ1n) is 10.9. The van der Waals surface area contributed by atoms with Gasteiger partial charge in [-0.15, -0.1) is 0 Å². The number of halogens is 3. The molecule has 3 aromatic rings. The molecule has 1 aliphatic heterocycles. The summed E-state index contributed by atoms with van der Waals surface area (Å²) in [7, 11) is 0. The van der Waals surface area contributed by atoms with Gasteiger partial charge < -0.3 is 9.64 Å². The second kappa shape index (κ2) is 10.1. The van der Waals surface area contributed by atoms with E-state index in [0.29, 0.717) is 5.75 Å². The van der Waals surface area contributed by atoms with E-state index >= 15 is 0 Å². The summed E-state index contributed by atoms with van der Waals surface area (Å²) in [5.74, 6) is -0.188. The number of ether oxygens (including phenoxy) is 1. The van der Waals surface area contributed by atoms with Crippen LogP contribution in [0.3, 0.4) is 0 Å². The van der Waals surface area contributed by atoms with Crippen LogP contribution in [0.4, 0.5) is 18.9 Å². The van der Waals surface area contributed by atoms with Crippen LogP contribution < -0.4 is 9.64 Å². The summed E-state index contributed by atoms with van der Waals surface area (Å²) >= 11 is 0. The maximum absolute atomic E-state index is 13.5. The third kappa shape index (κ3) is 5.62. The lowest BCUT2D eigenvalue weighted by atomic mass is 10.1. The minimum absolute atomic E-state index is 0.226. The molecular formula is C26H27F3N2O. The van der Waals surface area contributed by atoms with E-state index in [1.807, 2.05) is 19.1 Å². The first-order valence-corrected chi connectivity index (χ1v) is 10.9. The Hall–Kier alpha value is -2.99. The Morgan fingerprint density at radius 3 is 2.00 bits per heavy atom. The van der Waals surface area contributed by atoms with Crippen LogP contribution in [0.15, 0.2) is 66.7 Å². The molecule has 1 saturated heterocycles. The maximum Gasteiger partial charge on any atom is 0.125 e. The Labute approximate surface area is 187 Å². The van der Waals surface area contributed by atoms with Crippen molar-refractivity contribution >= 4 is 5.69 Å². The van der Waals surface area contributed by atoms with Crippen LogP contribution in [-0.2, 0) is 0 Å². The van der Waals surface area contributed by atoms with Crippen LogP contribution in [0.2, 0.25) is 0 Å². The number of piperazine rings is 1. The van der Waals surface area contributed by atoms with Gasteiger partial charge in [-0.3, -0.25) is 4.90 Å². The molecule has 0 aliphatic carbocycles. The van der Waals surface area contributed by atoms with Gasteiger partial charge in [-0.25, -0.2) is 13.2 Å². The van der Waals surface area contributed by atoms with Gasteiger partial charge >= 0.3 is 0 Å². The number of anilines is 1. The van der Waals surface area contributed by atoms with Gasteiger partial charge in [-0.1, -0.05) is 12.1 Å². The predicted molar refractivity (Wildman–Crippen MR) is 121 cm³/mol. The lowest BCUT2D eigenvalue weighted by Crippen LogP contribution is -2.46. The lowest BCUT2D eigenvalue weighted by Gasteiger charge is -2.36. The first kappa shape index (κ1) is 22.2. The Kier molecular flexibility index (Phi) is 7.00. The van der Waals surface area contributed by atoms with Crippen molar-refractivity contribution in [3.63, 3.8) is 0 Å². The van der Waals surface area contributed by atoms with E-state index in [-0.39, 0.29) is 23.6 Å². The van der Waals surface area contributed by atoms with Crippen LogP contribution in [0, 0.1) is 24.4 Å². The van der Waals surface area contributed by atoms with E-state index in [1.54, 1.807) is 18.2 Å². The van der Waals surface area contributed by atoms with Crippen LogP contribution in [0.25, 0.3) is 0 Å². The Morgan fingerprint density at radius 1 is 0.781 bits per heavy atom. The molecule has 32 heavy (non-hydrogen) atoms. The van der Waals surface area contributed by atoms with Crippen molar-refractivity contribution in [1.82, 2.24) is 4.90 Å². The van der Waals surface area contributed by atoms with Crippen molar-refractivity contribution < 1.29 is 17.9 Å². The van der Waals surface area contributed by atoms with Crippen LogP contribution >= 0.6 is 0 Å². The van der Waals surface area contributed by atoms with Gasteiger partial charge in [0.1, 0.15) is 29.3 Å². The quantitative estimate of drug-likeness (QED) is 0.466. The Balaban J connectivity index is 1.39. The number of aryl methyl sites for hydroxylation is 1. The molecule has 1 aliphatic rings. The van der Waals surface area contributed by atoms with E-state index in [2.05, 4.69) is 9.80 Å². The number of hydrogen-bond donors (Lipinski definition) is 0. The molecule has 0 spiro atoms. The molecule has 4 rings (SSSR count). The largest absolute Gasteiger partial charge is 0.485 e. The zero-order chi connectivity index (χ0) is 22.5. The molecule has 3 nitrogen and oxygen atoms in total. The maximum atomic E-state index is 13.5. The van der Waals surface area contributed by atoms with Crippen molar-refractivity contribution in [1.29, 1.82) is 0 Å². The van der Waals surface area contributed by atoms with E-state index in [4.69, 9.17) is 4.74 Å². The molecule has 1 atom stereocenters. The monoisotopic (exact) mass is 440 g/mol. The van der Waals surface area contributed by atoms with Gasteiger partial charge in [0.15, 0.2) is 0 Å². The molecule has 6 heteroatoms. The fraction of sp³-hybridized carbons (Fsp3) is 0.308. The molecular weight excluding hydrogens is 413 g/mol. The standard InChI is InChI=1S/C26H27F3N2O/c1-19-18-23(29)8-11-25(19)32-26(20-2-4-21(27)5-3-20)12-13-30-14-16-31(17-15-30)24-9-6-22(28)7-10-24/h2-11,18,26H,12-17H2,1H3. The predicted octanol–water partition coefficient (Wildman–Crippen LogP) is 5.74. The fourth-order valence-electron chi connectivity index (χ4n) is 4.05. The summed E-state index contributed by atoms with van der Waals surface area (Å²) in [6, 6.07) is 17.4. The minimum Gasteiger partial charge on any atom is -0.485 e. The van der Waals surface area contributed by atoms with E-state index in [9.17, 15) is 13.2 Å². The molecule has 0 aromatic heterocycles. The summed E-state index contributed by atoms with van der Waals surface area (Å²) in [6.45, 7) is 6.15. The van der Waals surface area contributed by atoms with E-state index in [1.165, 1.54) is 36.4 Å². The van der Waals surface area contributed by atoms with Gasteiger partial charge in [-0.05, 0) is 72.6 Å². The molecule has 168 valence electrons. The highest BCUT2D eigenvalue weighted by atomic mass is 19.1. The summed E-state index contributed by atoms with van der Waals surface area (Å²) < 4.78 is 46.4. The third-order valence-corrected chi connectivity index (χ3v) is 5.92. The average Bonchev–Trinajstić information content (AvgIpc) is 2.80. The molecule has 0 saturated carbocycles. The first-order chi connectivity index (χ1) is 15.5. The second-order valence-electron chi connectivity index (χ2n) is 8.16. The summed E-state index contributed by atoms with van der Waals surface area (Å²) in [5, 5.41) is 0. The molecule has 0 radical (unpaired) electrons. The average molecular weight is 441 g/mol. The fourth-order valence-corrected chi connectivity index (χ4v) is 4.05. The van der Waals surface area contributed by atoms with Crippen molar-refractivity contribution in [3.05, 3.63) is 95.3 Å². The van der Waals surface area contributed by atoms with Gasteiger partial charge in [0.2, 0.25) is 0 Å². The van der Waals surface area contributed by atoms with Crippen molar-refractivity contribution in [2.45, 2.75) is 19.4 Å². The molecule has 1 fully saturated rings. The summed E-state index contributed by atoms with van der Waals surface area (Å²) in [5.41, 5.74) is 2.65. The zero-order valence-electron chi connectivity index (χ0n) is 18.1. The molecule has 1 heterocycles. The second-order valence-corrected chi connectivity index (χ2v) is 8.16. The number of hydrogen-bond acceptors (Lipinski definition) is 3. The normalized spacial score (nSPS) is 15.6. The van der Waals surface area contributed by atoms with Gasteiger partial charge in [-0.2, -0.15) is 0 Å². The number of nitrogens with zero attached hydrogens (tertiary/aromatic N) is 2. The van der Waals surface area contributed by atoms with Gasteiger partial charge in [0.05, 0.1) is 0 Å². The molecule has 0 amide bonds. The van der Waals surface area contributed by atoms with Gasteiger partial charge in [0.25, 0.3) is 0 Å². The molecule has 3 aromatic carbocycles.